The molecule has 0 bridgehead atoms. The molecule has 100 valence electrons. The maximum absolute atomic E-state index is 9.43. The van der Waals surface area contributed by atoms with Gasteiger partial charge in [0.2, 0.25) is 0 Å². The highest BCUT2D eigenvalue weighted by atomic mass is 32.2. The van der Waals surface area contributed by atoms with Crippen molar-refractivity contribution in [2.45, 2.75) is 21.3 Å². The lowest BCUT2D eigenvalue weighted by atomic mass is 10.2. The molecule has 2 nitrogen and oxygen atoms in total. The van der Waals surface area contributed by atoms with Gasteiger partial charge in [-0.15, -0.1) is 11.8 Å². The first-order valence-electron chi connectivity index (χ1n) is 5.86. The number of hydrogen-bond acceptors (Lipinski definition) is 4. The van der Waals surface area contributed by atoms with Gasteiger partial charge in [-0.3, -0.25) is 0 Å². The van der Waals surface area contributed by atoms with Crippen LogP contribution in [-0.2, 0) is 6.61 Å². The Morgan fingerprint density at radius 1 is 1.05 bits per heavy atom. The molecule has 0 aliphatic rings. The fraction of sp³-hybridized carbons (Fsp3) is 0.200. The Morgan fingerprint density at radius 2 is 1.74 bits per heavy atom. The van der Waals surface area contributed by atoms with Crippen LogP contribution < -0.4 is 4.74 Å². The van der Waals surface area contributed by atoms with Crippen molar-refractivity contribution in [1.29, 1.82) is 0 Å². The zero-order valence-electron chi connectivity index (χ0n) is 10.9. The van der Waals surface area contributed by atoms with Crippen molar-refractivity contribution in [2.24, 2.45) is 0 Å². The van der Waals surface area contributed by atoms with Crippen LogP contribution in [0.3, 0.4) is 0 Å². The van der Waals surface area contributed by atoms with E-state index in [1.54, 1.807) is 30.6 Å². The maximum Gasteiger partial charge on any atom is 0.119 e. The molecule has 19 heavy (non-hydrogen) atoms. The van der Waals surface area contributed by atoms with Crippen LogP contribution in [0.5, 0.6) is 5.75 Å². The lowest BCUT2D eigenvalue weighted by Crippen LogP contribution is -1.90. The predicted octanol–water partition coefficient (Wildman–Crippen LogP) is 4.06. The first kappa shape index (κ1) is 14.3. The summed E-state index contributed by atoms with van der Waals surface area (Å²) in [6.07, 6.45) is 2.06. The van der Waals surface area contributed by atoms with E-state index in [9.17, 15) is 5.11 Å². The van der Waals surface area contributed by atoms with Crippen molar-refractivity contribution in [3.05, 3.63) is 48.0 Å². The maximum atomic E-state index is 9.43. The highest BCUT2D eigenvalue weighted by Crippen LogP contribution is 2.33. The first-order chi connectivity index (χ1) is 9.26. The molecule has 0 radical (unpaired) electrons. The summed E-state index contributed by atoms with van der Waals surface area (Å²) in [5.41, 5.74) is 0.887. The second-order valence-corrected chi connectivity index (χ2v) is 5.90. The number of ether oxygens (including phenoxy) is 1. The highest BCUT2D eigenvalue weighted by molar-refractivity contribution is 7.99. The minimum absolute atomic E-state index is 0.0163. The van der Waals surface area contributed by atoms with Gasteiger partial charge in [-0.05, 0) is 54.3 Å². The minimum atomic E-state index is 0.0163. The molecule has 2 rings (SSSR count). The number of aliphatic hydroxyl groups excluding tert-OH is 1. The predicted molar refractivity (Wildman–Crippen MR) is 81.3 cm³/mol. The number of rotatable bonds is 5. The summed E-state index contributed by atoms with van der Waals surface area (Å²) in [6.45, 7) is 0.0163. The average molecular weight is 292 g/mol. The fourth-order valence-corrected chi connectivity index (χ4v) is 3.00. The molecule has 0 aliphatic heterocycles. The highest BCUT2D eigenvalue weighted by Gasteiger charge is 2.06. The van der Waals surface area contributed by atoms with Crippen molar-refractivity contribution in [3.8, 4) is 5.75 Å². The molecule has 0 saturated heterocycles. The van der Waals surface area contributed by atoms with Crippen molar-refractivity contribution in [3.63, 3.8) is 0 Å². The van der Waals surface area contributed by atoms with Crippen LogP contribution in [0.4, 0.5) is 0 Å². The van der Waals surface area contributed by atoms with Gasteiger partial charge in [-0.25, -0.2) is 0 Å². The van der Waals surface area contributed by atoms with Gasteiger partial charge in [0.1, 0.15) is 5.75 Å². The zero-order valence-corrected chi connectivity index (χ0v) is 12.6. The van der Waals surface area contributed by atoms with E-state index in [0.717, 1.165) is 21.1 Å². The summed E-state index contributed by atoms with van der Waals surface area (Å²) >= 11 is 3.38. The van der Waals surface area contributed by atoms with E-state index in [2.05, 4.69) is 30.5 Å². The average Bonchev–Trinajstić information content (AvgIpc) is 2.48. The Kier molecular flexibility index (Phi) is 5.19. The van der Waals surface area contributed by atoms with E-state index >= 15 is 0 Å². The Hall–Kier alpha value is -1.10. The van der Waals surface area contributed by atoms with E-state index in [1.165, 1.54) is 4.90 Å². The van der Waals surface area contributed by atoms with Crippen LogP contribution in [0.2, 0.25) is 0 Å². The number of benzene rings is 2. The van der Waals surface area contributed by atoms with Crippen molar-refractivity contribution < 1.29 is 9.84 Å². The van der Waals surface area contributed by atoms with E-state index in [1.807, 2.05) is 18.2 Å². The second-order valence-electron chi connectivity index (χ2n) is 3.91. The summed E-state index contributed by atoms with van der Waals surface area (Å²) in [7, 11) is 1.63. The molecule has 0 amide bonds. The topological polar surface area (TPSA) is 29.5 Å². The number of hydrogen-bond donors (Lipinski definition) is 1. The van der Waals surface area contributed by atoms with Gasteiger partial charge < -0.3 is 9.84 Å². The monoisotopic (exact) mass is 292 g/mol. The van der Waals surface area contributed by atoms with Crippen LogP contribution in [0.15, 0.2) is 57.2 Å². The number of aliphatic hydroxyl groups is 1. The van der Waals surface area contributed by atoms with Gasteiger partial charge in [0.05, 0.1) is 13.7 Å². The third-order valence-electron chi connectivity index (χ3n) is 2.73. The van der Waals surface area contributed by atoms with Gasteiger partial charge >= 0.3 is 0 Å². The normalized spacial score (nSPS) is 10.5. The molecule has 0 saturated carbocycles. The van der Waals surface area contributed by atoms with Crippen LogP contribution in [0, 0.1) is 0 Å². The van der Waals surface area contributed by atoms with Gasteiger partial charge in [-0.1, -0.05) is 11.8 Å². The smallest absolute Gasteiger partial charge is 0.119 e. The van der Waals surface area contributed by atoms with Crippen LogP contribution >= 0.6 is 23.5 Å². The van der Waals surface area contributed by atoms with E-state index < -0.39 is 0 Å². The molecule has 2 aromatic rings. The van der Waals surface area contributed by atoms with Gasteiger partial charge in [0.15, 0.2) is 0 Å². The summed E-state index contributed by atoms with van der Waals surface area (Å²) < 4.78 is 5.17. The Balaban J connectivity index is 2.21. The molecule has 1 N–H and O–H groups in total. The van der Waals surface area contributed by atoms with Gasteiger partial charge in [0.25, 0.3) is 0 Å². The molecule has 0 fully saturated rings. The molecular weight excluding hydrogens is 276 g/mol. The Labute approximate surface area is 122 Å². The third-order valence-corrected chi connectivity index (χ3v) is 4.59. The van der Waals surface area contributed by atoms with Crippen molar-refractivity contribution >= 4 is 23.5 Å². The SMILES string of the molecule is COc1ccc(Sc2ccc(SC)cc2)c(CO)c1. The number of methoxy groups -OCH3 is 1. The molecular formula is C15H16O2S2. The van der Waals surface area contributed by atoms with E-state index in [0.29, 0.717) is 0 Å². The summed E-state index contributed by atoms with van der Waals surface area (Å²) in [5, 5.41) is 9.43. The number of thioether (sulfide) groups is 1. The largest absolute Gasteiger partial charge is 0.497 e. The summed E-state index contributed by atoms with van der Waals surface area (Å²) in [6, 6.07) is 14.2. The van der Waals surface area contributed by atoms with Crippen molar-refractivity contribution in [2.75, 3.05) is 13.4 Å². The first-order valence-corrected chi connectivity index (χ1v) is 7.90. The molecule has 0 unspecified atom stereocenters. The molecule has 0 atom stereocenters. The minimum Gasteiger partial charge on any atom is -0.497 e. The van der Waals surface area contributed by atoms with Crippen LogP contribution in [-0.4, -0.2) is 18.5 Å². The molecule has 0 aromatic heterocycles. The standard InChI is InChI=1S/C15H16O2S2/c1-17-12-3-8-15(11(9-12)10-16)19-14-6-4-13(18-2)5-7-14/h3-9,16H,10H2,1-2H3. The van der Waals surface area contributed by atoms with Gasteiger partial charge in [0, 0.05) is 14.7 Å². The van der Waals surface area contributed by atoms with E-state index in [-0.39, 0.29) is 6.61 Å². The molecule has 0 heterocycles. The quantitative estimate of drug-likeness (QED) is 0.842. The summed E-state index contributed by atoms with van der Waals surface area (Å²) in [4.78, 5) is 3.47. The fourth-order valence-electron chi connectivity index (χ4n) is 1.68. The van der Waals surface area contributed by atoms with E-state index in [4.69, 9.17) is 4.74 Å². The molecule has 2 aromatic carbocycles. The second kappa shape index (κ2) is 6.89. The zero-order chi connectivity index (χ0) is 13.7. The van der Waals surface area contributed by atoms with Gasteiger partial charge in [-0.2, -0.15) is 0 Å². The Morgan fingerprint density at radius 3 is 2.32 bits per heavy atom. The molecule has 4 heteroatoms. The van der Waals surface area contributed by atoms with Crippen LogP contribution in [0.1, 0.15) is 5.56 Å². The van der Waals surface area contributed by atoms with Crippen LogP contribution in [0.25, 0.3) is 0 Å². The summed E-state index contributed by atoms with van der Waals surface area (Å²) in [5.74, 6) is 0.770. The van der Waals surface area contributed by atoms with Crippen molar-refractivity contribution in [1.82, 2.24) is 0 Å². The molecule has 0 spiro atoms. The Bertz CT molecular complexity index is 538. The molecule has 0 aliphatic carbocycles. The third kappa shape index (κ3) is 3.69. The lowest BCUT2D eigenvalue weighted by molar-refractivity contribution is 0.278. The lowest BCUT2D eigenvalue weighted by Gasteiger charge is -2.09.